The smallest absolute Gasteiger partial charge is 0.307 e. The fraction of sp³-hybridized carbons (Fsp3) is 0.484. The molecule has 0 atom stereocenters. The lowest BCUT2D eigenvalue weighted by Gasteiger charge is -2.32. The predicted octanol–water partition coefficient (Wildman–Crippen LogP) is 3.83. The van der Waals surface area contributed by atoms with Gasteiger partial charge in [0.05, 0.1) is 41.3 Å². The SMILES string of the molecule is COc1cc2sc(CNC(=O)C3(CC(=O)OC(C)(C)C)Cc4ccccc4C3)nc2cc1C(=O)N1CCN(C)CC1. The topological polar surface area (TPSA) is 101 Å². The Morgan fingerprint density at radius 3 is 2.32 bits per heavy atom. The summed E-state index contributed by atoms with van der Waals surface area (Å²) >= 11 is 1.45. The molecule has 41 heavy (non-hydrogen) atoms. The summed E-state index contributed by atoms with van der Waals surface area (Å²) in [6.45, 7) is 8.69. The third-order valence-corrected chi connectivity index (χ3v) is 8.75. The number of fused-ring (bicyclic) bond motifs is 2. The number of thiazole rings is 1. The van der Waals surface area contributed by atoms with Gasteiger partial charge in [0, 0.05) is 32.2 Å². The summed E-state index contributed by atoms with van der Waals surface area (Å²) in [7, 11) is 3.61. The Hall–Kier alpha value is -3.50. The maximum atomic E-state index is 13.8. The molecule has 1 fully saturated rings. The molecule has 1 saturated heterocycles. The van der Waals surface area contributed by atoms with Crippen molar-refractivity contribution >= 4 is 39.3 Å². The highest BCUT2D eigenvalue weighted by molar-refractivity contribution is 7.18. The maximum absolute atomic E-state index is 13.8. The van der Waals surface area contributed by atoms with Crippen LogP contribution >= 0.6 is 11.3 Å². The molecule has 1 aromatic heterocycles. The number of likely N-dealkylation sites (N-methyl/N-ethyl adjacent to an activating group) is 1. The molecule has 1 aliphatic heterocycles. The first kappa shape index (κ1) is 29.0. The molecule has 10 heteroatoms. The number of piperazine rings is 1. The largest absolute Gasteiger partial charge is 0.496 e. The molecule has 2 amide bonds. The van der Waals surface area contributed by atoms with E-state index in [4.69, 9.17) is 14.5 Å². The Kier molecular flexibility index (Phi) is 8.07. The van der Waals surface area contributed by atoms with Crippen LogP contribution < -0.4 is 10.1 Å². The number of carbonyl (C=O) groups excluding carboxylic acids is 3. The van der Waals surface area contributed by atoms with Crippen molar-refractivity contribution in [3.63, 3.8) is 0 Å². The zero-order valence-electron chi connectivity index (χ0n) is 24.4. The maximum Gasteiger partial charge on any atom is 0.307 e. The Morgan fingerprint density at radius 2 is 1.71 bits per heavy atom. The van der Waals surface area contributed by atoms with Crippen molar-refractivity contribution in [2.45, 2.75) is 52.2 Å². The van der Waals surface area contributed by atoms with Gasteiger partial charge in [0.15, 0.2) is 0 Å². The molecule has 9 nitrogen and oxygen atoms in total. The Morgan fingerprint density at radius 1 is 1.05 bits per heavy atom. The quantitative estimate of drug-likeness (QED) is 0.426. The van der Waals surface area contributed by atoms with Crippen LogP contribution in [0.2, 0.25) is 0 Å². The van der Waals surface area contributed by atoms with Gasteiger partial charge in [-0.3, -0.25) is 14.4 Å². The van der Waals surface area contributed by atoms with Gasteiger partial charge in [-0.15, -0.1) is 11.3 Å². The predicted molar refractivity (Wildman–Crippen MR) is 158 cm³/mol. The number of carbonyl (C=O) groups is 3. The number of aromatic nitrogens is 1. The van der Waals surface area contributed by atoms with Gasteiger partial charge in [-0.2, -0.15) is 0 Å². The molecular weight excluding hydrogens is 540 g/mol. The first-order valence-electron chi connectivity index (χ1n) is 14.0. The van der Waals surface area contributed by atoms with E-state index in [1.807, 2.05) is 56.0 Å². The lowest BCUT2D eigenvalue weighted by atomic mass is 9.80. The number of hydrogen-bond donors (Lipinski definition) is 1. The van der Waals surface area contributed by atoms with E-state index in [9.17, 15) is 14.4 Å². The van der Waals surface area contributed by atoms with E-state index in [1.165, 1.54) is 11.3 Å². The summed E-state index contributed by atoms with van der Waals surface area (Å²) < 4.78 is 12.1. The molecule has 0 saturated carbocycles. The van der Waals surface area contributed by atoms with Gasteiger partial charge in [-0.25, -0.2) is 4.98 Å². The second kappa shape index (κ2) is 11.4. The van der Waals surface area contributed by atoms with E-state index < -0.39 is 11.0 Å². The number of hydrogen-bond acceptors (Lipinski definition) is 8. The fourth-order valence-corrected chi connectivity index (χ4v) is 6.57. The van der Waals surface area contributed by atoms with Crippen molar-refractivity contribution in [2.24, 2.45) is 5.41 Å². The Bertz CT molecular complexity index is 1440. The summed E-state index contributed by atoms with van der Waals surface area (Å²) in [5.74, 6) is -0.127. The number of esters is 1. The van der Waals surface area contributed by atoms with Crippen molar-refractivity contribution < 1.29 is 23.9 Å². The van der Waals surface area contributed by atoms with Gasteiger partial charge in [0.25, 0.3) is 5.91 Å². The molecule has 0 spiro atoms. The average Bonchev–Trinajstić information content (AvgIpc) is 3.50. The second-order valence-electron chi connectivity index (χ2n) is 12.1. The number of rotatable bonds is 7. The number of nitrogens with one attached hydrogen (secondary N) is 1. The molecule has 218 valence electrons. The molecular formula is C31H38N4O5S. The van der Waals surface area contributed by atoms with Gasteiger partial charge in [0.1, 0.15) is 16.4 Å². The van der Waals surface area contributed by atoms with Crippen LogP contribution in [0.5, 0.6) is 5.75 Å². The van der Waals surface area contributed by atoms with Crippen LogP contribution in [0.3, 0.4) is 0 Å². The van der Waals surface area contributed by atoms with Crippen LogP contribution in [0.15, 0.2) is 36.4 Å². The molecule has 0 radical (unpaired) electrons. The fourth-order valence-electron chi connectivity index (χ4n) is 5.65. The van der Waals surface area contributed by atoms with Crippen molar-refractivity contribution in [2.75, 3.05) is 40.3 Å². The Balaban J connectivity index is 1.33. The minimum absolute atomic E-state index is 0.000407. The molecule has 2 aliphatic rings. The number of benzene rings is 2. The van der Waals surface area contributed by atoms with E-state index >= 15 is 0 Å². The molecule has 1 N–H and O–H groups in total. The summed E-state index contributed by atoms with van der Waals surface area (Å²) in [6.07, 6.45) is 0.950. The van der Waals surface area contributed by atoms with E-state index in [-0.39, 0.29) is 30.7 Å². The van der Waals surface area contributed by atoms with Crippen LogP contribution in [0.25, 0.3) is 10.2 Å². The molecule has 1 aliphatic carbocycles. The van der Waals surface area contributed by atoms with Crippen LogP contribution in [0.4, 0.5) is 0 Å². The standard InChI is InChI=1S/C31H38N4O5S/c1-30(2,3)40-27(36)18-31(16-20-8-6-7-9-21(20)17-31)29(38)32-19-26-33-23-14-22(24(39-5)15-25(23)41-26)28(37)35-12-10-34(4)11-13-35/h6-9,14-15H,10-13,16-19H2,1-5H3,(H,32,38). The number of ether oxygens (including phenoxy) is 2. The first-order valence-corrected chi connectivity index (χ1v) is 14.8. The average molecular weight is 579 g/mol. The van der Waals surface area contributed by atoms with Crippen LogP contribution in [-0.2, 0) is 33.7 Å². The van der Waals surface area contributed by atoms with Crippen LogP contribution in [-0.4, -0.2) is 78.5 Å². The van der Waals surface area contributed by atoms with Gasteiger partial charge in [0.2, 0.25) is 5.91 Å². The highest BCUT2D eigenvalue weighted by Gasteiger charge is 2.46. The highest BCUT2D eigenvalue weighted by atomic mass is 32.1. The third-order valence-electron chi connectivity index (χ3n) is 7.74. The molecule has 0 unspecified atom stereocenters. The zero-order valence-corrected chi connectivity index (χ0v) is 25.2. The van der Waals surface area contributed by atoms with Crippen molar-refractivity contribution in [3.05, 3.63) is 58.1 Å². The summed E-state index contributed by atoms with van der Waals surface area (Å²) in [6, 6.07) is 11.6. The molecule has 0 bridgehead atoms. The van der Waals surface area contributed by atoms with Crippen LogP contribution in [0.1, 0.15) is 53.7 Å². The monoisotopic (exact) mass is 578 g/mol. The van der Waals surface area contributed by atoms with Gasteiger partial charge in [-0.05, 0) is 57.9 Å². The summed E-state index contributed by atoms with van der Waals surface area (Å²) in [5.41, 5.74) is 1.78. The number of methoxy groups -OCH3 is 1. The van der Waals surface area contributed by atoms with E-state index in [0.717, 1.165) is 28.9 Å². The lowest BCUT2D eigenvalue weighted by Crippen LogP contribution is -2.47. The molecule has 2 aromatic carbocycles. The van der Waals surface area contributed by atoms with Crippen molar-refractivity contribution in [3.8, 4) is 5.75 Å². The lowest BCUT2D eigenvalue weighted by molar-refractivity contribution is -0.160. The van der Waals surface area contributed by atoms with E-state index in [2.05, 4.69) is 17.3 Å². The third kappa shape index (κ3) is 6.38. The second-order valence-corrected chi connectivity index (χ2v) is 13.2. The normalized spacial score (nSPS) is 16.9. The highest BCUT2D eigenvalue weighted by Crippen LogP contribution is 2.41. The van der Waals surface area contributed by atoms with Crippen molar-refractivity contribution in [1.29, 1.82) is 0 Å². The minimum Gasteiger partial charge on any atom is -0.496 e. The Labute approximate surface area is 244 Å². The molecule has 2 heterocycles. The zero-order chi connectivity index (χ0) is 29.4. The van der Waals surface area contributed by atoms with Crippen LogP contribution in [0, 0.1) is 5.41 Å². The number of amides is 2. The van der Waals surface area contributed by atoms with E-state index in [0.29, 0.717) is 47.8 Å². The van der Waals surface area contributed by atoms with Crippen molar-refractivity contribution in [1.82, 2.24) is 20.1 Å². The van der Waals surface area contributed by atoms with Gasteiger partial charge in [-0.1, -0.05) is 24.3 Å². The first-order chi connectivity index (χ1) is 19.5. The summed E-state index contributed by atoms with van der Waals surface area (Å²) in [4.78, 5) is 48.7. The molecule has 3 aromatic rings. The molecule has 5 rings (SSSR count). The van der Waals surface area contributed by atoms with E-state index in [1.54, 1.807) is 13.2 Å². The van der Waals surface area contributed by atoms with Gasteiger partial charge >= 0.3 is 5.97 Å². The minimum atomic E-state index is -0.923. The number of nitrogens with zero attached hydrogens (tertiary/aromatic N) is 3. The summed E-state index contributed by atoms with van der Waals surface area (Å²) in [5, 5.41) is 3.77. The van der Waals surface area contributed by atoms with Gasteiger partial charge < -0.3 is 24.6 Å².